The first-order chi connectivity index (χ1) is 8.19. The van der Waals surface area contributed by atoms with Gasteiger partial charge in [0.25, 0.3) is 0 Å². The predicted molar refractivity (Wildman–Crippen MR) is 78.2 cm³/mol. The summed E-state index contributed by atoms with van der Waals surface area (Å²) < 4.78 is 0. The van der Waals surface area contributed by atoms with Crippen molar-refractivity contribution in [3.05, 3.63) is 29.6 Å². The molecule has 1 heterocycles. The number of aromatic nitrogens is 1. The number of nitrogen functional groups attached to an aromatic ring is 1. The summed E-state index contributed by atoms with van der Waals surface area (Å²) in [6.07, 6.45) is 6.51. The monoisotopic (exact) mass is 244 g/mol. The maximum Gasteiger partial charge on any atom is 0.0888 e. The Morgan fingerprint density at radius 1 is 1.22 bits per heavy atom. The minimum absolute atomic E-state index is 0.218. The zero-order valence-corrected chi connectivity index (χ0v) is 12.2. The molecule has 18 heavy (non-hydrogen) atoms. The Morgan fingerprint density at radius 3 is 2.44 bits per heavy atom. The normalized spacial score (nSPS) is 21.5. The first-order valence-corrected chi connectivity index (χ1v) is 6.63. The molecule has 0 spiro atoms. The summed E-state index contributed by atoms with van der Waals surface area (Å²) in [6.45, 7) is 11.3. The number of hydrogen-bond acceptors (Lipinski definition) is 2. The van der Waals surface area contributed by atoms with E-state index in [1.807, 2.05) is 19.2 Å². The third-order valence-electron chi connectivity index (χ3n) is 3.53. The van der Waals surface area contributed by atoms with Crippen LogP contribution in [-0.4, -0.2) is 4.98 Å². The summed E-state index contributed by atoms with van der Waals surface area (Å²) in [4.78, 5) is 4.54. The summed E-state index contributed by atoms with van der Waals surface area (Å²) in [7, 11) is 0. The Labute approximate surface area is 110 Å². The van der Waals surface area contributed by atoms with Crippen LogP contribution in [0.25, 0.3) is 5.57 Å². The second-order valence-corrected chi connectivity index (χ2v) is 7.13. The third kappa shape index (κ3) is 2.74. The van der Waals surface area contributed by atoms with Crippen LogP contribution < -0.4 is 5.73 Å². The Bertz CT molecular complexity index is 496. The molecule has 0 aliphatic heterocycles. The van der Waals surface area contributed by atoms with Crippen LogP contribution in [0.2, 0.25) is 0 Å². The van der Waals surface area contributed by atoms with Gasteiger partial charge in [-0.25, -0.2) is 0 Å². The summed E-state index contributed by atoms with van der Waals surface area (Å²) in [5.41, 5.74) is 10.8. The molecule has 1 aromatic rings. The van der Waals surface area contributed by atoms with Crippen molar-refractivity contribution < 1.29 is 0 Å². The predicted octanol–water partition coefficient (Wildman–Crippen LogP) is 4.20. The average molecular weight is 244 g/mol. The third-order valence-corrected chi connectivity index (χ3v) is 3.53. The van der Waals surface area contributed by atoms with E-state index in [2.05, 4.69) is 38.8 Å². The van der Waals surface area contributed by atoms with E-state index in [0.29, 0.717) is 5.41 Å². The van der Waals surface area contributed by atoms with E-state index in [1.165, 1.54) is 12.0 Å². The van der Waals surface area contributed by atoms with Crippen molar-refractivity contribution in [3.8, 4) is 0 Å². The first kappa shape index (κ1) is 13.1. The molecule has 2 nitrogen and oxygen atoms in total. The number of pyridine rings is 1. The summed E-state index contributed by atoms with van der Waals surface area (Å²) in [6, 6.07) is 2.01. The van der Waals surface area contributed by atoms with Gasteiger partial charge in [-0.3, -0.25) is 4.98 Å². The molecule has 1 aliphatic rings. The van der Waals surface area contributed by atoms with Gasteiger partial charge in [0.1, 0.15) is 0 Å². The minimum Gasteiger partial charge on any atom is -0.397 e. The van der Waals surface area contributed by atoms with Crippen molar-refractivity contribution in [3.63, 3.8) is 0 Å². The maximum absolute atomic E-state index is 6.13. The number of nitrogens with two attached hydrogens (primary N) is 1. The second-order valence-electron chi connectivity index (χ2n) is 7.13. The van der Waals surface area contributed by atoms with Crippen molar-refractivity contribution in [1.82, 2.24) is 4.98 Å². The molecule has 1 aromatic heterocycles. The van der Waals surface area contributed by atoms with Gasteiger partial charge in [0.15, 0.2) is 0 Å². The zero-order valence-electron chi connectivity index (χ0n) is 12.2. The van der Waals surface area contributed by atoms with Crippen LogP contribution in [0.5, 0.6) is 0 Å². The van der Waals surface area contributed by atoms with E-state index in [-0.39, 0.29) is 5.41 Å². The molecule has 0 aromatic carbocycles. The van der Waals surface area contributed by atoms with Crippen molar-refractivity contribution in [2.24, 2.45) is 10.8 Å². The lowest BCUT2D eigenvalue weighted by Gasteiger charge is -2.39. The number of aryl methyl sites for hydroxylation is 1. The Morgan fingerprint density at radius 2 is 1.89 bits per heavy atom. The van der Waals surface area contributed by atoms with Gasteiger partial charge in [-0.15, -0.1) is 0 Å². The molecule has 0 unspecified atom stereocenters. The summed E-state index contributed by atoms with van der Waals surface area (Å²) in [5.74, 6) is 0. The first-order valence-electron chi connectivity index (χ1n) is 6.63. The van der Waals surface area contributed by atoms with Crippen LogP contribution in [0, 0.1) is 17.8 Å². The van der Waals surface area contributed by atoms with E-state index >= 15 is 0 Å². The molecule has 0 bridgehead atoms. The fourth-order valence-electron chi connectivity index (χ4n) is 3.40. The standard InChI is InChI=1S/C16H24N2/c1-11-6-13(17)14(18-9-11)12-7-15(2,3)10-16(4,5)8-12/h6-7,9H,8,10,17H2,1-5H3. The molecule has 0 saturated heterocycles. The topological polar surface area (TPSA) is 38.9 Å². The molecule has 2 N–H and O–H groups in total. The lowest BCUT2D eigenvalue weighted by atomic mass is 9.66. The van der Waals surface area contributed by atoms with Gasteiger partial charge in [0.05, 0.1) is 11.4 Å². The van der Waals surface area contributed by atoms with Crippen LogP contribution in [0.4, 0.5) is 5.69 Å². The number of nitrogens with zero attached hydrogens (tertiary/aromatic N) is 1. The number of rotatable bonds is 1. The molecule has 2 rings (SSSR count). The molecule has 98 valence electrons. The van der Waals surface area contributed by atoms with Crippen LogP contribution in [-0.2, 0) is 0 Å². The van der Waals surface area contributed by atoms with Gasteiger partial charge in [-0.05, 0) is 47.8 Å². The van der Waals surface area contributed by atoms with E-state index in [9.17, 15) is 0 Å². The molecule has 0 fully saturated rings. The summed E-state index contributed by atoms with van der Waals surface area (Å²) in [5, 5.41) is 0. The van der Waals surface area contributed by atoms with Crippen molar-refractivity contribution in [2.75, 3.05) is 5.73 Å². The van der Waals surface area contributed by atoms with E-state index in [4.69, 9.17) is 5.73 Å². The molecule has 0 amide bonds. The summed E-state index contributed by atoms with van der Waals surface area (Å²) >= 11 is 0. The molecular formula is C16H24N2. The lowest BCUT2D eigenvalue weighted by molar-refractivity contribution is 0.228. The largest absolute Gasteiger partial charge is 0.397 e. The Balaban J connectivity index is 2.46. The smallest absolute Gasteiger partial charge is 0.0888 e. The quantitative estimate of drug-likeness (QED) is 0.804. The van der Waals surface area contributed by atoms with E-state index in [1.54, 1.807) is 0 Å². The molecular weight excluding hydrogens is 220 g/mol. The molecule has 1 aliphatic carbocycles. The lowest BCUT2D eigenvalue weighted by Crippen LogP contribution is -2.27. The van der Waals surface area contributed by atoms with E-state index in [0.717, 1.165) is 23.4 Å². The van der Waals surface area contributed by atoms with Crippen molar-refractivity contribution >= 4 is 11.3 Å². The highest BCUT2D eigenvalue weighted by molar-refractivity contribution is 5.73. The number of allylic oxidation sites excluding steroid dienone is 2. The fourth-order valence-corrected chi connectivity index (χ4v) is 3.40. The van der Waals surface area contributed by atoms with Gasteiger partial charge in [-0.2, -0.15) is 0 Å². The number of anilines is 1. The van der Waals surface area contributed by atoms with Gasteiger partial charge in [0, 0.05) is 6.20 Å². The Hall–Kier alpha value is -1.31. The minimum atomic E-state index is 0.218. The van der Waals surface area contributed by atoms with Gasteiger partial charge >= 0.3 is 0 Å². The molecule has 0 saturated carbocycles. The van der Waals surface area contributed by atoms with Crippen molar-refractivity contribution in [1.29, 1.82) is 0 Å². The molecule has 2 heteroatoms. The molecule has 0 atom stereocenters. The van der Waals surface area contributed by atoms with Crippen LogP contribution >= 0.6 is 0 Å². The average Bonchev–Trinajstić information content (AvgIpc) is 2.11. The van der Waals surface area contributed by atoms with Crippen LogP contribution in [0.3, 0.4) is 0 Å². The molecule has 0 radical (unpaired) electrons. The second kappa shape index (κ2) is 4.11. The highest BCUT2D eigenvalue weighted by Crippen LogP contribution is 2.47. The van der Waals surface area contributed by atoms with Crippen molar-refractivity contribution in [2.45, 2.75) is 47.5 Å². The van der Waals surface area contributed by atoms with Gasteiger partial charge in [-0.1, -0.05) is 33.8 Å². The van der Waals surface area contributed by atoms with Gasteiger partial charge in [0.2, 0.25) is 0 Å². The van der Waals surface area contributed by atoms with Crippen LogP contribution in [0.15, 0.2) is 18.3 Å². The Kier molecular flexibility index (Phi) is 3.00. The van der Waals surface area contributed by atoms with Crippen LogP contribution in [0.1, 0.15) is 51.8 Å². The fraction of sp³-hybridized carbons (Fsp3) is 0.562. The highest BCUT2D eigenvalue weighted by Gasteiger charge is 2.34. The SMILES string of the molecule is Cc1cnc(C2=CC(C)(C)CC(C)(C)C2)c(N)c1. The maximum atomic E-state index is 6.13. The number of hydrogen-bond donors (Lipinski definition) is 1. The van der Waals surface area contributed by atoms with E-state index < -0.39 is 0 Å². The zero-order chi connectivity index (χ0) is 13.6. The van der Waals surface area contributed by atoms with Gasteiger partial charge < -0.3 is 5.73 Å². The highest BCUT2D eigenvalue weighted by atomic mass is 14.7.